The molecule has 4 rings (SSSR count). The highest BCUT2D eigenvalue weighted by atomic mass is 35.5. The summed E-state index contributed by atoms with van der Waals surface area (Å²) in [6, 6.07) is 24.4. The largest absolute Gasteiger partial charge is 0.288 e. The maximum atomic E-state index is 6.16. The van der Waals surface area contributed by atoms with Crippen molar-refractivity contribution in [2.45, 2.75) is 26.4 Å². The lowest BCUT2D eigenvalue weighted by Crippen LogP contribution is -2.28. The first kappa shape index (κ1) is 20.3. The minimum Gasteiger partial charge on any atom is -0.288 e. The van der Waals surface area contributed by atoms with Crippen molar-refractivity contribution in [3.63, 3.8) is 0 Å². The maximum Gasteiger partial charge on any atom is 0.178 e. The Bertz CT molecular complexity index is 1100. The Hall–Kier alpha value is -3.02. The maximum absolute atomic E-state index is 6.16. The molecule has 30 heavy (non-hydrogen) atoms. The summed E-state index contributed by atoms with van der Waals surface area (Å²) in [5.41, 5.74) is 5.59. The van der Waals surface area contributed by atoms with Crippen LogP contribution in [0, 0.1) is 13.8 Å². The summed E-state index contributed by atoms with van der Waals surface area (Å²) >= 11 is 6.16. The molecule has 152 valence electrons. The highest BCUT2D eigenvalue weighted by Crippen LogP contribution is 2.30. The van der Waals surface area contributed by atoms with Crippen LogP contribution >= 0.6 is 11.6 Å². The van der Waals surface area contributed by atoms with E-state index in [-0.39, 0.29) is 6.04 Å². The quantitative estimate of drug-likeness (QED) is 0.435. The normalized spacial score (nSPS) is 12.3. The number of tetrazole rings is 1. The van der Waals surface area contributed by atoms with Gasteiger partial charge in [0.1, 0.15) is 0 Å². The van der Waals surface area contributed by atoms with Crippen LogP contribution in [0.1, 0.15) is 34.1 Å². The highest BCUT2D eigenvalue weighted by Gasteiger charge is 2.27. The topological polar surface area (TPSA) is 46.8 Å². The molecule has 0 radical (unpaired) electrons. The van der Waals surface area contributed by atoms with Crippen LogP contribution in [0.25, 0.3) is 5.69 Å². The van der Waals surface area contributed by atoms with Crippen LogP contribution in [0.4, 0.5) is 0 Å². The molecule has 1 unspecified atom stereocenters. The lowest BCUT2D eigenvalue weighted by Gasteiger charge is -2.28. The molecule has 3 aromatic carbocycles. The molecule has 0 bridgehead atoms. The molecular formula is C24H24ClN5. The van der Waals surface area contributed by atoms with Crippen LogP contribution in [0.15, 0.2) is 72.8 Å². The van der Waals surface area contributed by atoms with Gasteiger partial charge >= 0.3 is 0 Å². The second-order valence-electron chi connectivity index (χ2n) is 7.54. The molecule has 0 saturated heterocycles. The van der Waals surface area contributed by atoms with Crippen LogP contribution < -0.4 is 0 Å². The van der Waals surface area contributed by atoms with Gasteiger partial charge in [-0.1, -0.05) is 72.3 Å². The summed E-state index contributed by atoms with van der Waals surface area (Å²) in [4.78, 5) is 2.26. The zero-order valence-electron chi connectivity index (χ0n) is 17.3. The van der Waals surface area contributed by atoms with E-state index < -0.39 is 0 Å². The van der Waals surface area contributed by atoms with Crippen molar-refractivity contribution in [3.05, 3.63) is 106 Å². The van der Waals surface area contributed by atoms with E-state index in [0.717, 1.165) is 34.7 Å². The van der Waals surface area contributed by atoms with E-state index in [2.05, 4.69) is 83.8 Å². The monoisotopic (exact) mass is 417 g/mol. The van der Waals surface area contributed by atoms with Gasteiger partial charge in [-0.2, -0.15) is 4.68 Å². The molecule has 5 nitrogen and oxygen atoms in total. The average molecular weight is 418 g/mol. The standard InChI is InChI=1S/C24H24ClN5/c1-17-8-7-9-18(2)22(17)30-24(26-27-28-30)23(20-12-14-21(25)15-13-20)29(3)16-19-10-5-4-6-11-19/h4-15,23H,16H2,1-3H3. The second kappa shape index (κ2) is 8.78. The van der Waals surface area contributed by atoms with E-state index >= 15 is 0 Å². The lowest BCUT2D eigenvalue weighted by atomic mass is 10.0. The molecule has 0 saturated carbocycles. The van der Waals surface area contributed by atoms with Crippen LogP contribution in [-0.4, -0.2) is 32.2 Å². The molecule has 0 N–H and O–H groups in total. The molecule has 0 aliphatic rings. The van der Waals surface area contributed by atoms with E-state index in [9.17, 15) is 0 Å². The number of aromatic nitrogens is 4. The first-order chi connectivity index (χ1) is 14.5. The smallest absolute Gasteiger partial charge is 0.178 e. The van der Waals surface area contributed by atoms with E-state index in [4.69, 9.17) is 11.6 Å². The third-order valence-corrected chi connectivity index (χ3v) is 5.54. The third kappa shape index (κ3) is 4.13. The van der Waals surface area contributed by atoms with E-state index in [1.807, 2.05) is 35.0 Å². The zero-order chi connectivity index (χ0) is 21.1. The minimum atomic E-state index is -0.142. The average Bonchev–Trinajstić information content (AvgIpc) is 3.19. The molecule has 1 aromatic heterocycles. The van der Waals surface area contributed by atoms with Gasteiger partial charge in [-0.05, 0) is 65.7 Å². The van der Waals surface area contributed by atoms with E-state index in [1.54, 1.807) is 0 Å². The van der Waals surface area contributed by atoms with Crippen LogP contribution in [0.5, 0.6) is 0 Å². The molecular weight excluding hydrogens is 394 g/mol. The number of nitrogens with zero attached hydrogens (tertiary/aromatic N) is 5. The van der Waals surface area contributed by atoms with E-state index in [0.29, 0.717) is 5.02 Å². The SMILES string of the molecule is Cc1cccc(C)c1-n1nnnc1C(c1ccc(Cl)cc1)N(C)Cc1ccccc1. The number of aryl methyl sites for hydroxylation is 2. The fraction of sp³-hybridized carbons (Fsp3) is 0.208. The van der Waals surface area contributed by atoms with Gasteiger partial charge in [0.2, 0.25) is 0 Å². The Morgan fingerprint density at radius 2 is 1.57 bits per heavy atom. The summed E-state index contributed by atoms with van der Waals surface area (Å²) in [5.74, 6) is 0.771. The Balaban J connectivity index is 1.81. The van der Waals surface area contributed by atoms with Crippen LogP contribution in [-0.2, 0) is 6.54 Å². The number of hydrogen-bond donors (Lipinski definition) is 0. The summed E-state index contributed by atoms with van der Waals surface area (Å²) < 4.78 is 1.87. The Kier molecular flexibility index (Phi) is 5.93. The summed E-state index contributed by atoms with van der Waals surface area (Å²) in [6.07, 6.45) is 0. The fourth-order valence-electron chi connectivity index (χ4n) is 3.87. The van der Waals surface area contributed by atoms with Gasteiger partial charge in [-0.3, -0.25) is 4.90 Å². The predicted octanol–water partition coefficient (Wildman–Crippen LogP) is 5.15. The zero-order valence-corrected chi connectivity index (χ0v) is 18.1. The predicted molar refractivity (Wildman–Crippen MR) is 120 cm³/mol. The summed E-state index contributed by atoms with van der Waals surface area (Å²) in [5, 5.41) is 13.6. The molecule has 1 heterocycles. The molecule has 0 spiro atoms. The number of rotatable bonds is 6. The van der Waals surface area contributed by atoms with Gasteiger partial charge in [0, 0.05) is 11.6 Å². The first-order valence-electron chi connectivity index (χ1n) is 9.89. The summed E-state index contributed by atoms with van der Waals surface area (Å²) in [7, 11) is 2.09. The number of para-hydroxylation sites is 1. The van der Waals surface area contributed by atoms with Gasteiger partial charge in [0.15, 0.2) is 5.82 Å². The number of halogens is 1. The van der Waals surface area contributed by atoms with Gasteiger partial charge in [0.25, 0.3) is 0 Å². The minimum absolute atomic E-state index is 0.142. The summed E-state index contributed by atoms with van der Waals surface area (Å²) in [6.45, 7) is 4.92. The van der Waals surface area contributed by atoms with Gasteiger partial charge < -0.3 is 0 Å². The number of hydrogen-bond acceptors (Lipinski definition) is 4. The van der Waals surface area contributed by atoms with Crippen molar-refractivity contribution in [1.29, 1.82) is 0 Å². The third-order valence-electron chi connectivity index (χ3n) is 5.29. The molecule has 0 fully saturated rings. The van der Waals surface area contributed by atoms with Crippen molar-refractivity contribution in [3.8, 4) is 5.69 Å². The molecule has 6 heteroatoms. The van der Waals surface area contributed by atoms with Crippen molar-refractivity contribution in [1.82, 2.24) is 25.1 Å². The van der Waals surface area contributed by atoms with Gasteiger partial charge in [-0.25, -0.2) is 0 Å². The Morgan fingerprint density at radius 3 is 2.23 bits per heavy atom. The van der Waals surface area contributed by atoms with Gasteiger partial charge in [0.05, 0.1) is 11.7 Å². The van der Waals surface area contributed by atoms with Crippen LogP contribution in [0.3, 0.4) is 0 Å². The highest BCUT2D eigenvalue weighted by molar-refractivity contribution is 6.30. The fourth-order valence-corrected chi connectivity index (χ4v) is 4.00. The molecule has 4 aromatic rings. The second-order valence-corrected chi connectivity index (χ2v) is 7.98. The Labute approximate surface area is 181 Å². The van der Waals surface area contributed by atoms with Gasteiger partial charge in [-0.15, -0.1) is 5.10 Å². The Morgan fingerprint density at radius 1 is 0.900 bits per heavy atom. The van der Waals surface area contributed by atoms with Crippen LogP contribution in [0.2, 0.25) is 5.02 Å². The molecule has 1 atom stereocenters. The lowest BCUT2D eigenvalue weighted by molar-refractivity contribution is 0.258. The molecule has 0 aliphatic heterocycles. The van der Waals surface area contributed by atoms with Crippen molar-refractivity contribution >= 4 is 11.6 Å². The van der Waals surface area contributed by atoms with Crippen molar-refractivity contribution in [2.75, 3.05) is 7.05 Å². The van der Waals surface area contributed by atoms with Crippen molar-refractivity contribution in [2.24, 2.45) is 0 Å². The van der Waals surface area contributed by atoms with E-state index in [1.165, 1.54) is 5.56 Å². The van der Waals surface area contributed by atoms with Crippen molar-refractivity contribution < 1.29 is 0 Å². The molecule has 0 aliphatic carbocycles. The molecule has 0 amide bonds. The first-order valence-corrected chi connectivity index (χ1v) is 10.3. The number of benzene rings is 3.